The molecule has 1 saturated heterocycles. The molecule has 0 saturated carbocycles. The quantitative estimate of drug-likeness (QED) is 0.892. The molecule has 0 unspecified atom stereocenters. The SMILES string of the molecule is Cc1cnc([C@H]2COCCN2C(=O)Cc2c(C)n[nH]c2C)[nH]1. The Morgan fingerprint density at radius 2 is 2.27 bits per heavy atom. The topological polar surface area (TPSA) is 86.9 Å². The highest BCUT2D eigenvalue weighted by molar-refractivity contribution is 5.79. The van der Waals surface area contributed by atoms with Crippen LogP contribution in [0.2, 0.25) is 0 Å². The summed E-state index contributed by atoms with van der Waals surface area (Å²) in [5, 5.41) is 7.08. The Hall–Kier alpha value is -2.15. The first kappa shape index (κ1) is 14.8. The lowest BCUT2D eigenvalue weighted by atomic mass is 10.1. The van der Waals surface area contributed by atoms with Gasteiger partial charge in [0.05, 0.1) is 25.3 Å². The van der Waals surface area contributed by atoms with E-state index in [2.05, 4.69) is 20.2 Å². The van der Waals surface area contributed by atoms with Gasteiger partial charge in [-0.1, -0.05) is 0 Å². The van der Waals surface area contributed by atoms with Gasteiger partial charge in [-0.15, -0.1) is 0 Å². The summed E-state index contributed by atoms with van der Waals surface area (Å²) < 4.78 is 5.54. The molecule has 22 heavy (non-hydrogen) atoms. The molecule has 2 aromatic heterocycles. The number of H-pyrrole nitrogens is 2. The Morgan fingerprint density at radius 3 is 2.91 bits per heavy atom. The number of morpholine rings is 1. The van der Waals surface area contributed by atoms with Crippen LogP contribution in [-0.2, 0) is 16.0 Å². The van der Waals surface area contributed by atoms with Crippen LogP contribution in [0.1, 0.15) is 34.5 Å². The average molecular weight is 303 g/mol. The van der Waals surface area contributed by atoms with Crippen LogP contribution in [0.4, 0.5) is 0 Å². The lowest BCUT2D eigenvalue weighted by Crippen LogP contribution is -2.44. The van der Waals surface area contributed by atoms with Crippen LogP contribution in [0, 0.1) is 20.8 Å². The first-order valence-corrected chi connectivity index (χ1v) is 7.45. The van der Waals surface area contributed by atoms with Crippen LogP contribution in [0.3, 0.4) is 0 Å². The van der Waals surface area contributed by atoms with E-state index in [1.807, 2.05) is 25.7 Å². The minimum absolute atomic E-state index is 0.0787. The molecular formula is C15H21N5O2. The molecule has 3 heterocycles. The molecule has 3 rings (SSSR count). The molecule has 0 bridgehead atoms. The van der Waals surface area contributed by atoms with Crippen molar-refractivity contribution in [3.05, 3.63) is 34.7 Å². The van der Waals surface area contributed by atoms with Crippen molar-refractivity contribution in [1.29, 1.82) is 0 Å². The highest BCUT2D eigenvalue weighted by Crippen LogP contribution is 2.23. The Morgan fingerprint density at radius 1 is 1.45 bits per heavy atom. The van der Waals surface area contributed by atoms with Gasteiger partial charge < -0.3 is 14.6 Å². The first-order valence-electron chi connectivity index (χ1n) is 7.45. The van der Waals surface area contributed by atoms with E-state index in [1.54, 1.807) is 6.20 Å². The van der Waals surface area contributed by atoms with Crippen LogP contribution in [0.15, 0.2) is 6.20 Å². The maximum Gasteiger partial charge on any atom is 0.227 e. The third-order valence-corrected chi connectivity index (χ3v) is 4.10. The number of nitrogens with one attached hydrogen (secondary N) is 2. The smallest absolute Gasteiger partial charge is 0.227 e. The molecule has 1 aliphatic rings. The molecule has 0 radical (unpaired) electrons. The average Bonchev–Trinajstić information content (AvgIpc) is 3.08. The van der Waals surface area contributed by atoms with Crippen LogP contribution in [-0.4, -0.2) is 50.7 Å². The highest BCUT2D eigenvalue weighted by atomic mass is 16.5. The third kappa shape index (κ3) is 2.76. The van der Waals surface area contributed by atoms with E-state index in [0.29, 0.717) is 26.2 Å². The Labute approximate surface area is 129 Å². The number of nitrogens with zero attached hydrogens (tertiary/aromatic N) is 3. The molecule has 7 heteroatoms. The van der Waals surface area contributed by atoms with Gasteiger partial charge in [-0.2, -0.15) is 5.10 Å². The van der Waals surface area contributed by atoms with Crippen molar-refractivity contribution in [3.63, 3.8) is 0 Å². The number of amides is 1. The van der Waals surface area contributed by atoms with Gasteiger partial charge in [0.15, 0.2) is 0 Å². The van der Waals surface area contributed by atoms with Crippen molar-refractivity contribution in [2.75, 3.05) is 19.8 Å². The summed E-state index contributed by atoms with van der Waals surface area (Å²) in [5.74, 6) is 0.862. The molecular weight excluding hydrogens is 282 g/mol. The van der Waals surface area contributed by atoms with Crippen LogP contribution in [0.5, 0.6) is 0 Å². The number of hydrogen-bond acceptors (Lipinski definition) is 4. The zero-order chi connectivity index (χ0) is 15.7. The molecule has 1 fully saturated rings. The molecule has 2 aromatic rings. The van der Waals surface area contributed by atoms with Gasteiger partial charge in [-0.3, -0.25) is 9.89 Å². The number of carbonyl (C=O) groups excluding carboxylic acids is 1. The van der Waals surface area contributed by atoms with Crippen molar-refractivity contribution >= 4 is 5.91 Å². The van der Waals surface area contributed by atoms with Gasteiger partial charge >= 0.3 is 0 Å². The first-order chi connectivity index (χ1) is 10.6. The second-order valence-corrected chi connectivity index (χ2v) is 5.72. The standard InChI is InChI=1S/C15H21N5O2/c1-9-7-16-15(17-9)13-8-22-5-4-20(13)14(21)6-12-10(2)18-19-11(12)3/h7,13H,4-6,8H2,1-3H3,(H,16,17)(H,18,19)/t13-/m1/s1. The van der Waals surface area contributed by atoms with Gasteiger partial charge in [-0.05, 0) is 20.8 Å². The fourth-order valence-electron chi connectivity index (χ4n) is 2.82. The van der Waals surface area contributed by atoms with E-state index in [4.69, 9.17) is 4.74 Å². The van der Waals surface area contributed by atoms with E-state index < -0.39 is 0 Å². The number of carbonyl (C=O) groups is 1. The number of aromatic nitrogens is 4. The second kappa shape index (κ2) is 5.92. The van der Waals surface area contributed by atoms with E-state index in [9.17, 15) is 4.79 Å². The van der Waals surface area contributed by atoms with Gasteiger partial charge in [0.25, 0.3) is 0 Å². The number of rotatable bonds is 3. The third-order valence-electron chi connectivity index (χ3n) is 4.10. The summed E-state index contributed by atoms with van der Waals surface area (Å²) in [6.07, 6.45) is 2.13. The van der Waals surface area contributed by atoms with E-state index in [1.165, 1.54) is 0 Å². The lowest BCUT2D eigenvalue weighted by molar-refractivity contribution is -0.139. The molecule has 0 spiro atoms. The van der Waals surface area contributed by atoms with E-state index in [-0.39, 0.29) is 11.9 Å². The molecule has 1 atom stereocenters. The number of aromatic amines is 2. The summed E-state index contributed by atoms with van der Waals surface area (Å²) in [7, 11) is 0. The molecule has 2 N–H and O–H groups in total. The van der Waals surface area contributed by atoms with E-state index in [0.717, 1.165) is 28.5 Å². The molecule has 1 amide bonds. The Kier molecular flexibility index (Phi) is 3.98. The zero-order valence-electron chi connectivity index (χ0n) is 13.1. The normalized spacial score (nSPS) is 18.7. The van der Waals surface area contributed by atoms with Crippen LogP contribution < -0.4 is 0 Å². The van der Waals surface area contributed by atoms with Crippen molar-refractivity contribution in [2.45, 2.75) is 33.2 Å². The van der Waals surface area contributed by atoms with Gasteiger partial charge in [-0.25, -0.2) is 4.98 Å². The van der Waals surface area contributed by atoms with Crippen molar-refractivity contribution in [3.8, 4) is 0 Å². The Bertz CT molecular complexity index is 656. The highest BCUT2D eigenvalue weighted by Gasteiger charge is 2.31. The summed E-state index contributed by atoms with van der Waals surface area (Å²) in [6.45, 7) is 7.42. The van der Waals surface area contributed by atoms with Crippen molar-refractivity contribution in [1.82, 2.24) is 25.1 Å². The summed E-state index contributed by atoms with van der Waals surface area (Å²) >= 11 is 0. The monoisotopic (exact) mass is 303 g/mol. The lowest BCUT2D eigenvalue weighted by Gasteiger charge is -2.34. The summed E-state index contributed by atoms with van der Waals surface area (Å²) in [4.78, 5) is 22.2. The maximum absolute atomic E-state index is 12.7. The van der Waals surface area contributed by atoms with Crippen molar-refractivity contribution in [2.24, 2.45) is 0 Å². The summed E-state index contributed by atoms with van der Waals surface area (Å²) in [5.41, 5.74) is 3.79. The number of aryl methyl sites for hydroxylation is 3. The fourth-order valence-corrected chi connectivity index (χ4v) is 2.82. The van der Waals surface area contributed by atoms with Crippen molar-refractivity contribution < 1.29 is 9.53 Å². The van der Waals surface area contributed by atoms with Crippen LogP contribution >= 0.6 is 0 Å². The molecule has 1 aliphatic heterocycles. The minimum atomic E-state index is -0.150. The number of imidazole rings is 1. The predicted molar refractivity (Wildman–Crippen MR) is 80.4 cm³/mol. The molecule has 7 nitrogen and oxygen atoms in total. The van der Waals surface area contributed by atoms with Gasteiger partial charge in [0.1, 0.15) is 11.9 Å². The fraction of sp³-hybridized carbons (Fsp3) is 0.533. The van der Waals surface area contributed by atoms with E-state index >= 15 is 0 Å². The predicted octanol–water partition coefficient (Wildman–Crippen LogP) is 1.20. The molecule has 0 aromatic carbocycles. The molecule has 0 aliphatic carbocycles. The number of ether oxygens (including phenoxy) is 1. The minimum Gasteiger partial charge on any atom is -0.377 e. The summed E-state index contributed by atoms with van der Waals surface area (Å²) in [6, 6.07) is -0.150. The van der Waals surface area contributed by atoms with Gasteiger partial charge in [0, 0.05) is 29.7 Å². The number of hydrogen-bond donors (Lipinski definition) is 2. The Balaban J connectivity index is 1.80. The molecule has 118 valence electrons. The van der Waals surface area contributed by atoms with Crippen LogP contribution in [0.25, 0.3) is 0 Å². The second-order valence-electron chi connectivity index (χ2n) is 5.72. The van der Waals surface area contributed by atoms with Gasteiger partial charge in [0.2, 0.25) is 5.91 Å². The maximum atomic E-state index is 12.7. The largest absolute Gasteiger partial charge is 0.377 e. The zero-order valence-corrected chi connectivity index (χ0v) is 13.1.